The molecule has 138 valence electrons. The van der Waals surface area contributed by atoms with Gasteiger partial charge in [0.05, 0.1) is 25.3 Å². The van der Waals surface area contributed by atoms with Gasteiger partial charge in [-0.05, 0) is 23.8 Å². The number of amides is 1. The van der Waals surface area contributed by atoms with Crippen molar-refractivity contribution < 1.29 is 23.3 Å². The predicted molar refractivity (Wildman–Crippen MR) is 89.2 cm³/mol. The minimum atomic E-state index is -0.703. The molecule has 1 aliphatic heterocycles. The van der Waals surface area contributed by atoms with E-state index in [2.05, 4.69) is 10.2 Å². The summed E-state index contributed by atoms with van der Waals surface area (Å²) in [5.41, 5.74) is 0.860. The molecule has 1 fully saturated rings. The van der Waals surface area contributed by atoms with Crippen LogP contribution in [0.2, 0.25) is 0 Å². The molecule has 8 nitrogen and oxygen atoms in total. The van der Waals surface area contributed by atoms with E-state index < -0.39 is 16.7 Å². The Morgan fingerprint density at radius 1 is 1.23 bits per heavy atom. The van der Waals surface area contributed by atoms with Gasteiger partial charge in [-0.15, -0.1) is 0 Å². The Labute approximate surface area is 148 Å². The molecule has 1 saturated heterocycles. The molecule has 26 heavy (non-hydrogen) atoms. The zero-order chi connectivity index (χ0) is 18.5. The lowest BCUT2D eigenvalue weighted by Crippen LogP contribution is -2.43. The van der Waals surface area contributed by atoms with Crippen LogP contribution in [0.1, 0.15) is 22.2 Å². The van der Waals surface area contributed by atoms with E-state index in [0.29, 0.717) is 26.3 Å². The molecule has 0 spiro atoms. The van der Waals surface area contributed by atoms with Crippen molar-refractivity contribution in [3.05, 3.63) is 63.7 Å². The second-order valence-corrected chi connectivity index (χ2v) is 5.82. The van der Waals surface area contributed by atoms with E-state index in [1.807, 2.05) is 0 Å². The Bertz CT molecular complexity index is 771. The minimum Gasteiger partial charge on any atom is -0.395 e. The van der Waals surface area contributed by atoms with Crippen molar-refractivity contribution in [1.29, 1.82) is 0 Å². The number of nitrogens with one attached hydrogen (secondary N) is 1. The van der Waals surface area contributed by atoms with Crippen LogP contribution in [0.3, 0.4) is 0 Å². The molecule has 0 aliphatic carbocycles. The van der Waals surface area contributed by atoms with Crippen molar-refractivity contribution in [3.8, 4) is 0 Å². The van der Waals surface area contributed by atoms with Crippen molar-refractivity contribution in [2.75, 3.05) is 32.8 Å². The van der Waals surface area contributed by atoms with Crippen LogP contribution in [0.25, 0.3) is 0 Å². The molecule has 3 rings (SSSR count). The number of rotatable bonds is 6. The summed E-state index contributed by atoms with van der Waals surface area (Å²) in [6, 6.07) is 8.33. The van der Waals surface area contributed by atoms with Crippen molar-refractivity contribution in [1.82, 2.24) is 10.2 Å². The molecule has 0 radical (unpaired) electrons. The molecule has 9 heteroatoms. The van der Waals surface area contributed by atoms with Gasteiger partial charge in [-0.1, -0.05) is 12.1 Å². The number of nitro groups is 1. The van der Waals surface area contributed by atoms with Gasteiger partial charge in [0.2, 0.25) is 0 Å². The first-order chi connectivity index (χ1) is 12.5. The second kappa shape index (κ2) is 8.07. The van der Waals surface area contributed by atoms with E-state index in [9.17, 15) is 19.3 Å². The minimum absolute atomic E-state index is 0.128. The fraction of sp³-hybridized carbons (Fsp3) is 0.353. The second-order valence-electron chi connectivity index (χ2n) is 5.82. The lowest BCUT2D eigenvalue weighted by molar-refractivity contribution is -0.402. The SMILES string of the molecule is O=C(NCC(c1ccc(F)cc1)N1CCOCC1)c1ccc([N+](=O)[O-])o1. The maximum absolute atomic E-state index is 13.2. The highest BCUT2D eigenvalue weighted by Gasteiger charge is 2.24. The summed E-state index contributed by atoms with van der Waals surface area (Å²) >= 11 is 0. The molecule has 1 unspecified atom stereocenters. The van der Waals surface area contributed by atoms with Gasteiger partial charge in [0.15, 0.2) is 5.76 Å². The lowest BCUT2D eigenvalue weighted by atomic mass is 10.0. The topological polar surface area (TPSA) is 97.9 Å². The molecule has 2 heterocycles. The van der Waals surface area contributed by atoms with Crippen LogP contribution in [0, 0.1) is 15.9 Å². The molecular formula is C17H18FN3O5. The number of benzene rings is 1. The highest BCUT2D eigenvalue weighted by molar-refractivity contribution is 5.91. The summed E-state index contributed by atoms with van der Waals surface area (Å²) in [4.78, 5) is 24.3. The van der Waals surface area contributed by atoms with Crippen LogP contribution in [0.5, 0.6) is 0 Å². The van der Waals surface area contributed by atoms with Crippen LogP contribution in [-0.4, -0.2) is 48.6 Å². The van der Waals surface area contributed by atoms with Gasteiger partial charge >= 0.3 is 5.88 Å². The molecule has 1 atom stereocenters. The van der Waals surface area contributed by atoms with Gasteiger partial charge < -0.3 is 14.5 Å². The summed E-state index contributed by atoms with van der Waals surface area (Å²) in [7, 11) is 0. The number of carbonyl (C=O) groups is 1. The van der Waals surface area contributed by atoms with Gasteiger partial charge in [-0.25, -0.2) is 4.39 Å². The first-order valence-corrected chi connectivity index (χ1v) is 8.14. The maximum atomic E-state index is 13.2. The zero-order valence-electron chi connectivity index (χ0n) is 13.9. The zero-order valence-corrected chi connectivity index (χ0v) is 13.9. The first-order valence-electron chi connectivity index (χ1n) is 8.14. The van der Waals surface area contributed by atoms with Crippen molar-refractivity contribution in [2.24, 2.45) is 0 Å². The average Bonchev–Trinajstić information content (AvgIpc) is 3.15. The summed E-state index contributed by atoms with van der Waals surface area (Å²) < 4.78 is 23.5. The molecule has 1 N–H and O–H groups in total. The predicted octanol–water partition coefficient (Wildman–Crippen LogP) is 2.13. The Hall–Kier alpha value is -2.78. The van der Waals surface area contributed by atoms with Gasteiger partial charge in [0, 0.05) is 19.6 Å². The summed E-state index contributed by atoms with van der Waals surface area (Å²) in [6.07, 6.45) is 0. The third kappa shape index (κ3) is 4.24. The molecule has 1 aromatic carbocycles. The Morgan fingerprint density at radius 3 is 2.54 bits per heavy atom. The maximum Gasteiger partial charge on any atom is 0.433 e. The number of hydrogen-bond donors (Lipinski definition) is 1. The number of hydrogen-bond acceptors (Lipinski definition) is 6. The molecule has 1 aliphatic rings. The van der Waals surface area contributed by atoms with Crippen LogP contribution in [0.4, 0.5) is 10.3 Å². The number of carbonyl (C=O) groups excluding carboxylic acids is 1. The Kier molecular flexibility index (Phi) is 5.59. The van der Waals surface area contributed by atoms with E-state index in [1.54, 1.807) is 12.1 Å². The van der Waals surface area contributed by atoms with Crippen LogP contribution in [0.15, 0.2) is 40.8 Å². The number of morpholine rings is 1. The largest absolute Gasteiger partial charge is 0.433 e. The monoisotopic (exact) mass is 363 g/mol. The fourth-order valence-corrected chi connectivity index (χ4v) is 2.86. The van der Waals surface area contributed by atoms with E-state index in [-0.39, 0.29) is 24.2 Å². The van der Waals surface area contributed by atoms with E-state index in [0.717, 1.165) is 11.6 Å². The van der Waals surface area contributed by atoms with Gasteiger partial charge in [0.25, 0.3) is 5.91 Å². The highest BCUT2D eigenvalue weighted by atomic mass is 19.1. The van der Waals surface area contributed by atoms with Gasteiger partial charge in [-0.2, -0.15) is 0 Å². The van der Waals surface area contributed by atoms with Crippen molar-refractivity contribution in [3.63, 3.8) is 0 Å². The van der Waals surface area contributed by atoms with E-state index in [4.69, 9.17) is 9.15 Å². The molecule has 1 aromatic heterocycles. The third-order valence-corrected chi connectivity index (χ3v) is 4.19. The first kappa shape index (κ1) is 18.0. The molecular weight excluding hydrogens is 345 g/mol. The lowest BCUT2D eigenvalue weighted by Gasteiger charge is -2.34. The van der Waals surface area contributed by atoms with Gasteiger partial charge in [0.1, 0.15) is 10.7 Å². The van der Waals surface area contributed by atoms with E-state index >= 15 is 0 Å². The standard InChI is InChI=1S/C17H18FN3O5/c18-13-3-1-12(2-4-13)14(20-7-9-25-10-8-20)11-19-17(22)15-5-6-16(26-15)21(23)24/h1-6,14H,7-11H2,(H,19,22). The highest BCUT2D eigenvalue weighted by Crippen LogP contribution is 2.22. The van der Waals surface area contributed by atoms with E-state index in [1.165, 1.54) is 18.2 Å². The fourth-order valence-electron chi connectivity index (χ4n) is 2.86. The summed E-state index contributed by atoms with van der Waals surface area (Å²) in [5.74, 6) is -1.49. The van der Waals surface area contributed by atoms with Gasteiger partial charge in [-0.3, -0.25) is 19.8 Å². The molecule has 0 bridgehead atoms. The third-order valence-electron chi connectivity index (χ3n) is 4.19. The summed E-state index contributed by atoms with van der Waals surface area (Å²) in [6.45, 7) is 2.78. The molecule has 1 amide bonds. The van der Waals surface area contributed by atoms with Crippen molar-refractivity contribution in [2.45, 2.75) is 6.04 Å². The summed E-state index contributed by atoms with van der Waals surface area (Å²) in [5, 5.41) is 13.4. The van der Waals surface area contributed by atoms with Crippen LogP contribution < -0.4 is 5.32 Å². The Morgan fingerprint density at radius 2 is 1.92 bits per heavy atom. The molecule has 2 aromatic rings. The number of halogens is 1. The number of ether oxygens (including phenoxy) is 1. The van der Waals surface area contributed by atoms with Crippen LogP contribution in [-0.2, 0) is 4.74 Å². The number of furan rings is 1. The Balaban J connectivity index is 1.71. The quantitative estimate of drug-likeness (QED) is 0.624. The average molecular weight is 363 g/mol. The van der Waals surface area contributed by atoms with Crippen LogP contribution >= 0.6 is 0 Å². The normalized spacial score (nSPS) is 16.2. The van der Waals surface area contributed by atoms with Crippen molar-refractivity contribution >= 4 is 11.8 Å². The smallest absolute Gasteiger partial charge is 0.395 e. The molecule has 0 saturated carbocycles. The number of nitrogens with zero attached hydrogens (tertiary/aromatic N) is 2.